The number of carboxylic acids is 1. The number of carbonyl (C=O) groups is 2. The van der Waals surface area contributed by atoms with E-state index in [4.69, 9.17) is 28.3 Å². The maximum absolute atomic E-state index is 12.0. The van der Waals surface area contributed by atoms with E-state index in [1.807, 2.05) is 6.92 Å². The molecule has 0 bridgehead atoms. The van der Waals surface area contributed by atoms with E-state index >= 15 is 0 Å². The van der Waals surface area contributed by atoms with Crippen molar-refractivity contribution in [2.75, 3.05) is 6.54 Å². The van der Waals surface area contributed by atoms with Crippen LogP contribution in [-0.4, -0.2) is 29.7 Å². The Hall–Kier alpha value is -1.46. The van der Waals surface area contributed by atoms with Crippen molar-refractivity contribution in [2.45, 2.75) is 44.6 Å². The normalized spacial score (nSPS) is 21.8. The van der Waals surface area contributed by atoms with Crippen LogP contribution in [0.25, 0.3) is 0 Å². The molecule has 0 aromatic heterocycles. The highest BCUT2D eigenvalue weighted by molar-refractivity contribution is 6.36. The molecule has 24 heavy (non-hydrogen) atoms. The second-order valence-corrected chi connectivity index (χ2v) is 7.09. The van der Waals surface area contributed by atoms with Crippen molar-refractivity contribution in [3.8, 4) is 0 Å². The summed E-state index contributed by atoms with van der Waals surface area (Å²) in [5.74, 6) is -1.04. The molecule has 1 aromatic rings. The number of urea groups is 1. The zero-order chi connectivity index (χ0) is 17.7. The van der Waals surface area contributed by atoms with Gasteiger partial charge in [-0.15, -0.1) is 0 Å². The van der Waals surface area contributed by atoms with Gasteiger partial charge in [-0.1, -0.05) is 36.2 Å². The summed E-state index contributed by atoms with van der Waals surface area (Å²) in [6.07, 6.45) is 2.59. The molecule has 0 heterocycles. The Morgan fingerprint density at radius 1 is 1.21 bits per heavy atom. The lowest BCUT2D eigenvalue weighted by Gasteiger charge is -2.27. The van der Waals surface area contributed by atoms with Crippen LogP contribution in [0.5, 0.6) is 0 Å². The molecular formula is C17H22Cl2N2O3. The number of halogens is 2. The van der Waals surface area contributed by atoms with Crippen LogP contribution in [0.2, 0.25) is 10.0 Å². The summed E-state index contributed by atoms with van der Waals surface area (Å²) in [5, 5.41) is 15.9. The summed E-state index contributed by atoms with van der Waals surface area (Å²) in [7, 11) is 0. The highest BCUT2D eigenvalue weighted by atomic mass is 35.5. The van der Waals surface area contributed by atoms with Crippen LogP contribution in [0.15, 0.2) is 18.2 Å². The van der Waals surface area contributed by atoms with Crippen molar-refractivity contribution in [3.63, 3.8) is 0 Å². The van der Waals surface area contributed by atoms with Crippen molar-refractivity contribution in [2.24, 2.45) is 5.92 Å². The number of hydrogen-bond donors (Lipinski definition) is 3. The van der Waals surface area contributed by atoms with Gasteiger partial charge in [0.1, 0.15) is 0 Å². The fourth-order valence-electron chi connectivity index (χ4n) is 3.05. The molecule has 1 saturated carbocycles. The molecule has 132 valence electrons. The van der Waals surface area contributed by atoms with E-state index in [2.05, 4.69) is 10.6 Å². The molecule has 5 nitrogen and oxygen atoms in total. The van der Waals surface area contributed by atoms with Gasteiger partial charge in [0.25, 0.3) is 0 Å². The molecule has 0 saturated heterocycles. The third-order valence-electron chi connectivity index (χ3n) is 4.47. The number of benzene rings is 1. The van der Waals surface area contributed by atoms with Crippen molar-refractivity contribution in [3.05, 3.63) is 33.8 Å². The molecule has 2 rings (SSSR count). The molecule has 7 heteroatoms. The van der Waals surface area contributed by atoms with E-state index in [9.17, 15) is 9.59 Å². The van der Waals surface area contributed by atoms with Crippen molar-refractivity contribution in [1.29, 1.82) is 0 Å². The predicted molar refractivity (Wildman–Crippen MR) is 94.8 cm³/mol. The zero-order valence-corrected chi connectivity index (χ0v) is 15.0. The number of carboxylic acid groups (broad SMARTS) is 1. The van der Waals surface area contributed by atoms with Gasteiger partial charge in [0, 0.05) is 28.5 Å². The Morgan fingerprint density at radius 3 is 2.33 bits per heavy atom. The van der Waals surface area contributed by atoms with Crippen LogP contribution in [-0.2, 0) is 4.79 Å². The van der Waals surface area contributed by atoms with E-state index in [1.54, 1.807) is 18.2 Å². The smallest absolute Gasteiger partial charge is 0.315 e. The van der Waals surface area contributed by atoms with Crippen LogP contribution < -0.4 is 10.6 Å². The summed E-state index contributed by atoms with van der Waals surface area (Å²) in [5.41, 5.74) is 0.822. The Balaban J connectivity index is 1.78. The van der Waals surface area contributed by atoms with Gasteiger partial charge in [0.15, 0.2) is 0 Å². The summed E-state index contributed by atoms with van der Waals surface area (Å²) < 4.78 is 0. The molecule has 1 fully saturated rings. The van der Waals surface area contributed by atoms with E-state index < -0.39 is 5.97 Å². The Bertz CT molecular complexity index is 581. The average Bonchev–Trinajstić information content (AvgIpc) is 2.53. The largest absolute Gasteiger partial charge is 0.481 e. The Morgan fingerprint density at radius 2 is 1.79 bits per heavy atom. The molecule has 1 unspecified atom stereocenters. The van der Waals surface area contributed by atoms with Gasteiger partial charge in [-0.05, 0) is 43.4 Å². The minimum atomic E-state index is -0.747. The second-order valence-electron chi connectivity index (χ2n) is 6.28. The van der Waals surface area contributed by atoms with Gasteiger partial charge >= 0.3 is 12.0 Å². The molecule has 1 aliphatic rings. The molecular weight excluding hydrogens is 351 g/mol. The third kappa shape index (κ3) is 5.02. The van der Waals surface area contributed by atoms with Gasteiger partial charge < -0.3 is 15.7 Å². The van der Waals surface area contributed by atoms with Crippen LogP contribution >= 0.6 is 23.2 Å². The number of rotatable bonds is 5. The Labute approximate surface area is 151 Å². The standard InChI is InChI=1S/C17H22Cl2N2O3/c1-10(15-13(18)3-2-4-14(15)19)9-20-17(24)21-12-7-5-11(6-8-12)16(22)23/h2-4,10-12H,5-9H2,1H3,(H,22,23)(H2,20,21,24). The van der Waals surface area contributed by atoms with Crippen molar-refractivity contribution in [1.82, 2.24) is 10.6 Å². The first-order valence-electron chi connectivity index (χ1n) is 8.09. The number of amides is 2. The maximum atomic E-state index is 12.0. The monoisotopic (exact) mass is 372 g/mol. The van der Waals surface area contributed by atoms with Crippen LogP contribution in [0.3, 0.4) is 0 Å². The highest BCUT2D eigenvalue weighted by Crippen LogP contribution is 2.31. The Kier molecular flexibility index (Phi) is 6.75. The lowest BCUT2D eigenvalue weighted by Crippen LogP contribution is -2.45. The summed E-state index contributed by atoms with van der Waals surface area (Å²) in [6, 6.07) is 5.12. The van der Waals surface area contributed by atoms with Crippen LogP contribution in [0, 0.1) is 5.92 Å². The topological polar surface area (TPSA) is 78.4 Å². The average molecular weight is 373 g/mol. The lowest BCUT2D eigenvalue weighted by atomic mass is 9.86. The first-order valence-corrected chi connectivity index (χ1v) is 8.85. The summed E-state index contributed by atoms with van der Waals surface area (Å²) in [6.45, 7) is 2.37. The lowest BCUT2D eigenvalue weighted by molar-refractivity contribution is -0.142. The maximum Gasteiger partial charge on any atom is 0.315 e. The number of carbonyl (C=O) groups excluding carboxylic acids is 1. The fraction of sp³-hybridized carbons (Fsp3) is 0.529. The molecule has 3 N–H and O–H groups in total. The molecule has 0 spiro atoms. The van der Waals surface area contributed by atoms with Crippen molar-refractivity contribution < 1.29 is 14.7 Å². The number of nitrogens with one attached hydrogen (secondary N) is 2. The highest BCUT2D eigenvalue weighted by Gasteiger charge is 2.26. The molecule has 2 amide bonds. The first kappa shape index (κ1) is 18.9. The van der Waals surface area contributed by atoms with E-state index in [1.165, 1.54) is 0 Å². The van der Waals surface area contributed by atoms with Gasteiger partial charge in [0.2, 0.25) is 0 Å². The van der Waals surface area contributed by atoms with Gasteiger partial charge in [-0.3, -0.25) is 4.79 Å². The van der Waals surface area contributed by atoms with E-state index in [0.29, 0.717) is 42.3 Å². The second kappa shape index (κ2) is 8.58. The van der Waals surface area contributed by atoms with Crippen molar-refractivity contribution >= 4 is 35.2 Å². The fourth-order valence-corrected chi connectivity index (χ4v) is 3.82. The quantitative estimate of drug-likeness (QED) is 0.729. The van der Waals surface area contributed by atoms with E-state index in [0.717, 1.165) is 5.56 Å². The number of aliphatic carboxylic acids is 1. The van der Waals surface area contributed by atoms with Crippen LogP contribution in [0.1, 0.15) is 44.1 Å². The third-order valence-corrected chi connectivity index (χ3v) is 5.13. The van der Waals surface area contributed by atoms with Gasteiger partial charge in [-0.25, -0.2) is 4.79 Å². The molecule has 1 aliphatic carbocycles. The number of hydrogen-bond acceptors (Lipinski definition) is 2. The minimum Gasteiger partial charge on any atom is -0.481 e. The molecule has 0 aliphatic heterocycles. The van der Waals surface area contributed by atoms with Gasteiger partial charge in [-0.2, -0.15) is 0 Å². The van der Waals surface area contributed by atoms with Crippen LogP contribution in [0.4, 0.5) is 4.79 Å². The van der Waals surface area contributed by atoms with E-state index in [-0.39, 0.29) is 23.9 Å². The first-order chi connectivity index (χ1) is 11.4. The predicted octanol–water partition coefficient (Wildman–Crippen LogP) is 4.04. The molecule has 1 atom stereocenters. The van der Waals surface area contributed by atoms with Gasteiger partial charge in [0.05, 0.1) is 5.92 Å². The molecule has 0 radical (unpaired) electrons. The summed E-state index contributed by atoms with van der Waals surface area (Å²) in [4.78, 5) is 23.0. The molecule has 1 aromatic carbocycles. The minimum absolute atomic E-state index is 0.0142. The summed E-state index contributed by atoms with van der Waals surface area (Å²) >= 11 is 12.3. The SMILES string of the molecule is CC(CNC(=O)NC1CCC(C(=O)O)CC1)c1c(Cl)cccc1Cl. The zero-order valence-electron chi connectivity index (χ0n) is 13.5.